The lowest BCUT2D eigenvalue weighted by atomic mass is 10.3. The molecule has 0 spiro atoms. The molecule has 0 saturated heterocycles. The van der Waals surface area contributed by atoms with Crippen molar-refractivity contribution in [1.29, 1.82) is 0 Å². The first-order chi connectivity index (χ1) is 10.2. The highest BCUT2D eigenvalue weighted by molar-refractivity contribution is 7.20. The highest BCUT2D eigenvalue weighted by Gasteiger charge is 2.16. The summed E-state index contributed by atoms with van der Waals surface area (Å²) in [6.07, 6.45) is 5.16. The number of fused-ring (bicyclic) bond motifs is 1. The van der Waals surface area contributed by atoms with Crippen molar-refractivity contribution in [1.82, 2.24) is 15.1 Å². The van der Waals surface area contributed by atoms with Gasteiger partial charge in [-0.15, -0.1) is 17.8 Å². The minimum absolute atomic E-state index is 0.145. The largest absolute Gasteiger partial charge is 0.340 e. The van der Waals surface area contributed by atoms with Crippen LogP contribution in [0, 0.1) is 19.3 Å². The molecule has 0 atom stereocenters. The second kappa shape index (κ2) is 5.43. The van der Waals surface area contributed by atoms with Crippen molar-refractivity contribution in [3.63, 3.8) is 0 Å². The van der Waals surface area contributed by atoms with Crippen LogP contribution in [0.3, 0.4) is 0 Å². The van der Waals surface area contributed by atoms with Gasteiger partial charge in [0.15, 0.2) is 0 Å². The highest BCUT2D eigenvalue weighted by Crippen LogP contribution is 2.30. The number of thiophene rings is 1. The Balaban J connectivity index is 2.07. The minimum atomic E-state index is -0.145. The van der Waals surface area contributed by atoms with Crippen LogP contribution in [0.5, 0.6) is 0 Å². The molecule has 3 aromatic rings. The van der Waals surface area contributed by atoms with E-state index in [0.29, 0.717) is 4.88 Å². The van der Waals surface area contributed by atoms with Crippen molar-refractivity contribution >= 4 is 27.5 Å². The predicted molar refractivity (Wildman–Crippen MR) is 84.9 cm³/mol. The number of para-hydroxylation sites is 1. The summed E-state index contributed by atoms with van der Waals surface area (Å²) in [4.78, 5) is 13.6. The number of hydrogen-bond donors (Lipinski definition) is 1. The third kappa shape index (κ3) is 2.41. The molecular formula is C16H13N3OS. The Hall–Kier alpha value is -2.58. The molecule has 4 nitrogen and oxygen atoms in total. The summed E-state index contributed by atoms with van der Waals surface area (Å²) in [5, 5.41) is 8.22. The van der Waals surface area contributed by atoms with E-state index in [-0.39, 0.29) is 12.5 Å². The molecule has 0 radical (unpaired) electrons. The topological polar surface area (TPSA) is 46.9 Å². The van der Waals surface area contributed by atoms with Crippen LogP contribution in [0.1, 0.15) is 15.4 Å². The Bertz CT molecular complexity index is 840. The van der Waals surface area contributed by atoms with Gasteiger partial charge in [0.25, 0.3) is 5.91 Å². The van der Waals surface area contributed by atoms with Crippen molar-refractivity contribution in [3.05, 3.63) is 47.0 Å². The number of nitrogens with one attached hydrogen (secondary N) is 1. The van der Waals surface area contributed by atoms with Gasteiger partial charge in [0, 0.05) is 5.39 Å². The Morgan fingerprint density at radius 2 is 2.19 bits per heavy atom. The maximum absolute atomic E-state index is 12.0. The van der Waals surface area contributed by atoms with Crippen LogP contribution in [0.4, 0.5) is 0 Å². The summed E-state index contributed by atoms with van der Waals surface area (Å²) in [6.45, 7) is 2.18. The molecule has 0 fully saturated rings. The third-order valence-corrected chi connectivity index (χ3v) is 4.23. The molecule has 1 N–H and O–H groups in total. The van der Waals surface area contributed by atoms with Gasteiger partial charge in [0.2, 0.25) is 0 Å². The Kier molecular flexibility index (Phi) is 3.46. The SMILES string of the molecule is C#CCNC(=O)c1cc2c(C)nn(-c3ccccc3)c2s1. The molecule has 5 heteroatoms. The number of terminal acetylenes is 1. The molecule has 1 amide bonds. The molecule has 3 rings (SSSR count). The Labute approximate surface area is 126 Å². The summed E-state index contributed by atoms with van der Waals surface area (Å²) in [6, 6.07) is 11.7. The van der Waals surface area contributed by atoms with Gasteiger partial charge in [-0.3, -0.25) is 4.79 Å². The van der Waals surface area contributed by atoms with Crippen LogP contribution < -0.4 is 5.32 Å². The molecule has 2 heterocycles. The number of aromatic nitrogens is 2. The number of amides is 1. The smallest absolute Gasteiger partial charge is 0.262 e. The van der Waals surface area contributed by atoms with Crippen molar-refractivity contribution < 1.29 is 4.79 Å². The van der Waals surface area contributed by atoms with E-state index in [4.69, 9.17) is 6.42 Å². The van der Waals surface area contributed by atoms with E-state index in [1.165, 1.54) is 11.3 Å². The minimum Gasteiger partial charge on any atom is -0.340 e. The predicted octanol–water partition coefficient (Wildman–Crippen LogP) is 2.76. The quantitative estimate of drug-likeness (QED) is 0.755. The number of aryl methyl sites for hydroxylation is 1. The van der Waals surface area contributed by atoms with E-state index >= 15 is 0 Å². The number of rotatable bonds is 3. The fourth-order valence-corrected chi connectivity index (χ4v) is 3.22. The average Bonchev–Trinajstić information content (AvgIpc) is 3.07. The zero-order valence-electron chi connectivity index (χ0n) is 11.5. The fourth-order valence-electron chi connectivity index (χ4n) is 2.12. The second-order valence-electron chi connectivity index (χ2n) is 4.55. The summed E-state index contributed by atoms with van der Waals surface area (Å²) in [5.41, 5.74) is 1.88. The van der Waals surface area contributed by atoms with E-state index in [1.807, 2.05) is 48.0 Å². The maximum Gasteiger partial charge on any atom is 0.262 e. The first-order valence-electron chi connectivity index (χ1n) is 6.47. The van der Waals surface area contributed by atoms with Gasteiger partial charge in [0.05, 0.1) is 22.8 Å². The van der Waals surface area contributed by atoms with Gasteiger partial charge < -0.3 is 5.32 Å². The van der Waals surface area contributed by atoms with Crippen LogP contribution in [0.25, 0.3) is 15.9 Å². The molecule has 104 valence electrons. The standard InChI is InChI=1S/C16H13N3OS/c1-3-9-17-15(20)14-10-13-11(2)18-19(16(13)21-14)12-7-5-4-6-8-12/h1,4-8,10H,9H2,2H3,(H,17,20). The molecule has 0 aliphatic rings. The van der Waals surface area contributed by atoms with E-state index in [2.05, 4.69) is 16.3 Å². The maximum atomic E-state index is 12.0. The van der Waals surface area contributed by atoms with Crippen LogP contribution in [-0.4, -0.2) is 22.2 Å². The zero-order valence-corrected chi connectivity index (χ0v) is 12.3. The number of nitrogens with zero attached hydrogens (tertiary/aromatic N) is 2. The second-order valence-corrected chi connectivity index (χ2v) is 5.58. The monoisotopic (exact) mass is 295 g/mol. The normalized spacial score (nSPS) is 10.5. The van der Waals surface area contributed by atoms with E-state index < -0.39 is 0 Å². The van der Waals surface area contributed by atoms with E-state index in [1.54, 1.807) is 0 Å². The van der Waals surface area contributed by atoms with Crippen molar-refractivity contribution in [2.75, 3.05) is 6.54 Å². The molecule has 0 aliphatic carbocycles. The van der Waals surface area contributed by atoms with Gasteiger partial charge in [-0.1, -0.05) is 24.1 Å². The molecule has 0 saturated carbocycles. The molecule has 0 aliphatic heterocycles. The van der Waals surface area contributed by atoms with Gasteiger partial charge in [0.1, 0.15) is 4.83 Å². The lowest BCUT2D eigenvalue weighted by molar-refractivity contribution is 0.0963. The first-order valence-corrected chi connectivity index (χ1v) is 7.28. The molecule has 21 heavy (non-hydrogen) atoms. The lowest BCUT2D eigenvalue weighted by Gasteiger charge is -2.01. The lowest BCUT2D eigenvalue weighted by Crippen LogP contribution is -2.22. The summed E-state index contributed by atoms with van der Waals surface area (Å²) in [7, 11) is 0. The summed E-state index contributed by atoms with van der Waals surface area (Å²) in [5.74, 6) is 2.25. The van der Waals surface area contributed by atoms with Crippen molar-refractivity contribution in [2.45, 2.75) is 6.92 Å². The summed E-state index contributed by atoms with van der Waals surface area (Å²) >= 11 is 1.42. The fraction of sp³-hybridized carbons (Fsp3) is 0.125. The number of carbonyl (C=O) groups excluding carboxylic acids is 1. The average molecular weight is 295 g/mol. The van der Waals surface area contributed by atoms with Crippen molar-refractivity contribution in [2.24, 2.45) is 0 Å². The molecular weight excluding hydrogens is 282 g/mol. The van der Waals surface area contributed by atoms with Crippen LogP contribution in [0.2, 0.25) is 0 Å². The number of hydrogen-bond acceptors (Lipinski definition) is 3. The Morgan fingerprint density at radius 1 is 1.43 bits per heavy atom. The van der Waals surface area contributed by atoms with Gasteiger partial charge in [-0.05, 0) is 25.1 Å². The van der Waals surface area contributed by atoms with Gasteiger partial charge in [-0.25, -0.2) is 4.68 Å². The number of benzene rings is 1. The van der Waals surface area contributed by atoms with Gasteiger partial charge >= 0.3 is 0 Å². The van der Waals surface area contributed by atoms with E-state index in [9.17, 15) is 4.79 Å². The van der Waals surface area contributed by atoms with Gasteiger partial charge in [-0.2, -0.15) is 5.10 Å². The van der Waals surface area contributed by atoms with Crippen molar-refractivity contribution in [3.8, 4) is 18.0 Å². The third-order valence-electron chi connectivity index (χ3n) is 3.12. The Morgan fingerprint density at radius 3 is 2.90 bits per heavy atom. The highest BCUT2D eigenvalue weighted by atomic mass is 32.1. The number of carbonyl (C=O) groups is 1. The molecule has 0 bridgehead atoms. The van der Waals surface area contributed by atoms with E-state index in [0.717, 1.165) is 21.6 Å². The molecule has 0 unspecified atom stereocenters. The van der Waals surface area contributed by atoms with Crippen LogP contribution >= 0.6 is 11.3 Å². The van der Waals surface area contributed by atoms with Crippen LogP contribution in [-0.2, 0) is 0 Å². The molecule has 2 aromatic heterocycles. The van der Waals surface area contributed by atoms with Crippen LogP contribution in [0.15, 0.2) is 36.4 Å². The summed E-state index contributed by atoms with van der Waals surface area (Å²) < 4.78 is 1.87. The first kappa shape index (κ1) is 13.4. The molecule has 1 aromatic carbocycles. The zero-order chi connectivity index (χ0) is 14.8.